The molecule has 0 saturated carbocycles. The quantitative estimate of drug-likeness (QED) is 0.895. The van der Waals surface area contributed by atoms with Crippen molar-refractivity contribution in [1.82, 2.24) is 0 Å². The van der Waals surface area contributed by atoms with Gasteiger partial charge in [0.15, 0.2) is 11.5 Å². The molecule has 2 aromatic rings. The Labute approximate surface area is 119 Å². The summed E-state index contributed by atoms with van der Waals surface area (Å²) in [5.41, 5.74) is 1.30. The molecule has 0 fully saturated rings. The van der Waals surface area contributed by atoms with E-state index in [1.54, 1.807) is 24.3 Å². The predicted molar refractivity (Wildman–Crippen MR) is 76.1 cm³/mol. The summed E-state index contributed by atoms with van der Waals surface area (Å²) in [6.45, 7) is 0.366. The summed E-state index contributed by atoms with van der Waals surface area (Å²) in [7, 11) is 1.50. The van der Waals surface area contributed by atoms with E-state index in [-0.39, 0.29) is 11.6 Å². The normalized spacial score (nSPS) is 10.3. The van der Waals surface area contributed by atoms with E-state index in [4.69, 9.17) is 4.74 Å². The highest BCUT2D eigenvalue weighted by Gasteiger charge is 2.08. The predicted octanol–water partition coefficient (Wildman–Crippen LogP) is 3.91. The number of phenolic OH excluding ortho intramolecular Hbond substituents is 1. The van der Waals surface area contributed by atoms with E-state index in [0.29, 0.717) is 23.5 Å². The summed E-state index contributed by atoms with van der Waals surface area (Å²) in [6, 6.07) is 9.63. The van der Waals surface area contributed by atoms with Gasteiger partial charge in [-0.05, 0) is 40.2 Å². The minimum absolute atomic E-state index is 0.0880. The highest BCUT2D eigenvalue weighted by molar-refractivity contribution is 9.10. The van der Waals surface area contributed by atoms with Gasteiger partial charge in [-0.3, -0.25) is 0 Å². The van der Waals surface area contributed by atoms with Crippen molar-refractivity contribution >= 4 is 21.6 Å². The van der Waals surface area contributed by atoms with Crippen LogP contribution in [0.4, 0.5) is 10.1 Å². The van der Waals surface area contributed by atoms with Crippen LogP contribution in [0, 0.1) is 5.82 Å². The summed E-state index contributed by atoms with van der Waals surface area (Å²) >= 11 is 3.33. The molecule has 100 valence electrons. The Morgan fingerprint density at radius 2 is 2.11 bits per heavy atom. The second-order valence-electron chi connectivity index (χ2n) is 3.95. The first kappa shape index (κ1) is 13.7. The lowest BCUT2D eigenvalue weighted by molar-refractivity contribution is 0.371. The van der Waals surface area contributed by atoms with E-state index in [2.05, 4.69) is 21.2 Å². The molecule has 0 atom stereocenters. The molecule has 0 aliphatic rings. The topological polar surface area (TPSA) is 41.5 Å². The Bertz CT molecular complexity index is 590. The third kappa shape index (κ3) is 3.17. The van der Waals surface area contributed by atoms with Gasteiger partial charge in [0.05, 0.1) is 12.8 Å². The second kappa shape index (κ2) is 5.93. The molecule has 19 heavy (non-hydrogen) atoms. The van der Waals surface area contributed by atoms with Crippen LogP contribution >= 0.6 is 15.9 Å². The van der Waals surface area contributed by atoms with Crippen molar-refractivity contribution in [2.75, 3.05) is 12.4 Å². The maximum Gasteiger partial charge on any atom is 0.162 e. The molecule has 3 nitrogen and oxygen atoms in total. The van der Waals surface area contributed by atoms with Crippen LogP contribution in [0.15, 0.2) is 40.9 Å². The molecule has 2 aromatic carbocycles. The number of phenols is 1. The summed E-state index contributed by atoms with van der Waals surface area (Å²) < 4.78 is 18.9. The number of aromatic hydroxyl groups is 1. The maximum absolute atomic E-state index is 13.1. The Morgan fingerprint density at radius 1 is 1.32 bits per heavy atom. The van der Waals surface area contributed by atoms with Gasteiger partial charge < -0.3 is 15.2 Å². The van der Waals surface area contributed by atoms with E-state index >= 15 is 0 Å². The average molecular weight is 326 g/mol. The van der Waals surface area contributed by atoms with Gasteiger partial charge in [-0.25, -0.2) is 4.39 Å². The van der Waals surface area contributed by atoms with Gasteiger partial charge in [0, 0.05) is 16.6 Å². The van der Waals surface area contributed by atoms with Gasteiger partial charge in [0.2, 0.25) is 0 Å². The minimum atomic E-state index is -0.319. The van der Waals surface area contributed by atoms with Crippen molar-refractivity contribution in [1.29, 1.82) is 0 Å². The minimum Gasteiger partial charge on any atom is -0.504 e. The first-order valence-corrected chi connectivity index (χ1v) is 6.45. The molecule has 0 heterocycles. The molecular weight excluding hydrogens is 313 g/mol. The van der Waals surface area contributed by atoms with E-state index in [0.717, 1.165) is 4.47 Å². The maximum atomic E-state index is 13.1. The van der Waals surface area contributed by atoms with Crippen LogP contribution in [-0.2, 0) is 6.54 Å². The monoisotopic (exact) mass is 325 g/mol. The third-order valence-corrected chi connectivity index (χ3v) is 3.39. The fourth-order valence-electron chi connectivity index (χ4n) is 1.70. The zero-order valence-electron chi connectivity index (χ0n) is 10.3. The number of halogens is 2. The molecule has 0 amide bonds. The van der Waals surface area contributed by atoms with Crippen molar-refractivity contribution in [2.24, 2.45) is 0 Å². The molecule has 0 radical (unpaired) electrons. The van der Waals surface area contributed by atoms with Crippen molar-refractivity contribution in [3.63, 3.8) is 0 Å². The molecule has 0 bridgehead atoms. The van der Waals surface area contributed by atoms with Crippen LogP contribution < -0.4 is 10.1 Å². The van der Waals surface area contributed by atoms with Crippen LogP contribution in [0.5, 0.6) is 11.5 Å². The molecule has 2 N–H and O–H groups in total. The molecule has 5 heteroatoms. The number of rotatable bonds is 4. The van der Waals surface area contributed by atoms with Gasteiger partial charge in [0.25, 0.3) is 0 Å². The van der Waals surface area contributed by atoms with Gasteiger partial charge >= 0.3 is 0 Å². The second-order valence-corrected chi connectivity index (χ2v) is 4.80. The molecule has 0 unspecified atom stereocenters. The van der Waals surface area contributed by atoms with E-state index < -0.39 is 0 Å². The standard InChI is InChI=1S/C14H13BrFNO2/c1-19-13-4-2-3-9(14(13)18)8-17-12-7-10(16)5-6-11(12)15/h2-7,17-18H,8H2,1H3. The molecular formula is C14H13BrFNO2. The number of hydrogen-bond acceptors (Lipinski definition) is 3. The molecule has 0 saturated heterocycles. The van der Waals surface area contributed by atoms with Crippen LogP contribution in [0.3, 0.4) is 0 Å². The Kier molecular flexibility index (Phi) is 4.27. The summed E-state index contributed by atoms with van der Waals surface area (Å²) in [4.78, 5) is 0. The molecule has 0 aromatic heterocycles. The zero-order valence-corrected chi connectivity index (χ0v) is 11.9. The lowest BCUT2D eigenvalue weighted by Crippen LogP contribution is -2.01. The molecule has 0 aliphatic carbocycles. The summed E-state index contributed by atoms with van der Waals surface area (Å²) in [6.07, 6.45) is 0. The highest BCUT2D eigenvalue weighted by atomic mass is 79.9. The SMILES string of the molecule is COc1cccc(CNc2cc(F)ccc2Br)c1O. The lowest BCUT2D eigenvalue weighted by atomic mass is 10.2. The number of hydrogen-bond donors (Lipinski definition) is 2. The van der Waals surface area contributed by atoms with E-state index in [9.17, 15) is 9.50 Å². The average Bonchev–Trinajstić information content (AvgIpc) is 2.41. The number of benzene rings is 2. The zero-order chi connectivity index (χ0) is 13.8. The van der Waals surface area contributed by atoms with Crippen LogP contribution in [0.2, 0.25) is 0 Å². The number of methoxy groups -OCH3 is 1. The molecule has 0 spiro atoms. The van der Waals surface area contributed by atoms with Crippen LogP contribution in [0.1, 0.15) is 5.56 Å². The molecule has 2 rings (SSSR count). The highest BCUT2D eigenvalue weighted by Crippen LogP contribution is 2.30. The van der Waals surface area contributed by atoms with Crippen molar-refractivity contribution in [2.45, 2.75) is 6.54 Å². The van der Waals surface area contributed by atoms with Crippen molar-refractivity contribution in [3.8, 4) is 11.5 Å². The first-order valence-electron chi connectivity index (χ1n) is 5.65. The van der Waals surface area contributed by atoms with Gasteiger partial charge in [-0.15, -0.1) is 0 Å². The fourth-order valence-corrected chi connectivity index (χ4v) is 2.09. The van der Waals surface area contributed by atoms with Crippen molar-refractivity contribution < 1.29 is 14.2 Å². The van der Waals surface area contributed by atoms with Crippen LogP contribution in [-0.4, -0.2) is 12.2 Å². The van der Waals surface area contributed by atoms with E-state index in [1.807, 2.05) is 0 Å². The fraction of sp³-hybridized carbons (Fsp3) is 0.143. The smallest absolute Gasteiger partial charge is 0.162 e. The number of nitrogens with one attached hydrogen (secondary N) is 1. The number of ether oxygens (including phenoxy) is 1. The first-order chi connectivity index (χ1) is 9.11. The summed E-state index contributed by atoms with van der Waals surface area (Å²) in [5.74, 6) is 0.184. The van der Waals surface area contributed by atoms with Gasteiger partial charge in [-0.1, -0.05) is 12.1 Å². The van der Waals surface area contributed by atoms with Crippen LogP contribution in [0.25, 0.3) is 0 Å². The van der Waals surface area contributed by atoms with Crippen molar-refractivity contribution in [3.05, 3.63) is 52.3 Å². The Hall–Kier alpha value is -1.75. The summed E-state index contributed by atoms with van der Waals surface area (Å²) in [5, 5.41) is 13.0. The van der Waals surface area contributed by atoms with Gasteiger partial charge in [0.1, 0.15) is 5.82 Å². The Balaban J connectivity index is 2.17. The molecule has 0 aliphatic heterocycles. The third-order valence-electron chi connectivity index (χ3n) is 2.70. The Morgan fingerprint density at radius 3 is 2.84 bits per heavy atom. The lowest BCUT2D eigenvalue weighted by Gasteiger charge is -2.11. The largest absolute Gasteiger partial charge is 0.504 e. The number of anilines is 1. The van der Waals surface area contributed by atoms with E-state index in [1.165, 1.54) is 19.2 Å². The number of para-hydroxylation sites is 1. The van der Waals surface area contributed by atoms with Gasteiger partial charge in [-0.2, -0.15) is 0 Å².